The Bertz CT molecular complexity index is 499. The second-order valence-electron chi connectivity index (χ2n) is 5.03. The SMILES string of the molecule is C=CCNC(=O)C(C)Oc1ccc2c(c1)CCC2NC. The van der Waals surface area contributed by atoms with Gasteiger partial charge in [0.2, 0.25) is 0 Å². The van der Waals surface area contributed by atoms with Crippen LogP contribution in [0.1, 0.15) is 30.5 Å². The zero-order valence-corrected chi connectivity index (χ0v) is 12.1. The van der Waals surface area contributed by atoms with Crippen molar-refractivity contribution in [2.75, 3.05) is 13.6 Å². The fourth-order valence-corrected chi connectivity index (χ4v) is 2.54. The lowest BCUT2D eigenvalue weighted by Gasteiger charge is -2.15. The molecule has 0 heterocycles. The molecule has 0 bridgehead atoms. The molecule has 108 valence electrons. The zero-order chi connectivity index (χ0) is 14.5. The van der Waals surface area contributed by atoms with Crippen LogP contribution >= 0.6 is 0 Å². The Balaban J connectivity index is 2.01. The molecule has 2 atom stereocenters. The summed E-state index contributed by atoms with van der Waals surface area (Å²) in [6, 6.07) is 6.51. The lowest BCUT2D eigenvalue weighted by atomic mass is 10.1. The molecule has 0 aromatic heterocycles. The van der Waals surface area contributed by atoms with Crippen LogP contribution in [0.2, 0.25) is 0 Å². The fraction of sp³-hybridized carbons (Fsp3) is 0.438. The van der Waals surface area contributed by atoms with Crippen molar-refractivity contribution in [2.24, 2.45) is 0 Å². The third kappa shape index (κ3) is 3.20. The number of rotatable bonds is 6. The van der Waals surface area contributed by atoms with Crippen LogP contribution in [0.25, 0.3) is 0 Å². The largest absolute Gasteiger partial charge is 0.481 e. The van der Waals surface area contributed by atoms with E-state index >= 15 is 0 Å². The van der Waals surface area contributed by atoms with Gasteiger partial charge >= 0.3 is 0 Å². The molecule has 0 fully saturated rings. The van der Waals surface area contributed by atoms with Gasteiger partial charge in [0.25, 0.3) is 5.91 Å². The maximum absolute atomic E-state index is 11.7. The van der Waals surface area contributed by atoms with Gasteiger partial charge in [-0.3, -0.25) is 4.79 Å². The van der Waals surface area contributed by atoms with E-state index in [-0.39, 0.29) is 5.91 Å². The lowest BCUT2D eigenvalue weighted by molar-refractivity contribution is -0.127. The predicted octanol–water partition coefficient (Wildman–Crippen LogP) is 1.96. The van der Waals surface area contributed by atoms with Gasteiger partial charge in [0, 0.05) is 12.6 Å². The van der Waals surface area contributed by atoms with Gasteiger partial charge in [-0.2, -0.15) is 0 Å². The molecule has 0 aliphatic heterocycles. The number of amides is 1. The number of nitrogens with one attached hydrogen (secondary N) is 2. The minimum Gasteiger partial charge on any atom is -0.481 e. The lowest BCUT2D eigenvalue weighted by Crippen LogP contribution is -2.36. The summed E-state index contributed by atoms with van der Waals surface area (Å²) < 4.78 is 5.70. The molecule has 0 radical (unpaired) electrons. The monoisotopic (exact) mass is 274 g/mol. The highest BCUT2D eigenvalue weighted by Crippen LogP contribution is 2.33. The normalized spacial score (nSPS) is 18.2. The molecule has 0 saturated carbocycles. The van der Waals surface area contributed by atoms with Crippen molar-refractivity contribution in [1.29, 1.82) is 0 Å². The van der Waals surface area contributed by atoms with Crippen LogP contribution in [0.3, 0.4) is 0 Å². The Hall–Kier alpha value is -1.81. The van der Waals surface area contributed by atoms with E-state index in [1.807, 2.05) is 19.2 Å². The van der Waals surface area contributed by atoms with E-state index in [4.69, 9.17) is 4.74 Å². The summed E-state index contributed by atoms with van der Waals surface area (Å²) in [7, 11) is 1.98. The summed E-state index contributed by atoms with van der Waals surface area (Å²) >= 11 is 0. The third-order valence-corrected chi connectivity index (χ3v) is 3.64. The Labute approximate surface area is 120 Å². The fourth-order valence-electron chi connectivity index (χ4n) is 2.54. The maximum Gasteiger partial charge on any atom is 0.261 e. The quantitative estimate of drug-likeness (QED) is 0.780. The van der Waals surface area contributed by atoms with Crippen LogP contribution in [-0.4, -0.2) is 25.6 Å². The van der Waals surface area contributed by atoms with Crippen molar-refractivity contribution in [2.45, 2.75) is 31.9 Å². The van der Waals surface area contributed by atoms with Crippen molar-refractivity contribution < 1.29 is 9.53 Å². The topological polar surface area (TPSA) is 50.4 Å². The van der Waals surface area contributed by atoms with Crippen molar-refractivity contribution in [1.82, 2.24) is 10.6 Å². The molecule has 1 aliphatic carbocycles. The Morgan fingerprint density at radius 3 is 3.10 bits per heavy atom. The van der Waals surface area contributed by atoms with E-state index in [1.165, 1.54) is 11.1 Å². The molecule has 20 heavy (non-hydrogen) atoms. The van der Waals surface area contributed by atoms with Gasteiger partial charge in [-0.05, 0) is 50.1 Å². The molecule has 2 N–H and O–H groups in total. The molecule has 2 unspecified atom stereocenters. The van der Waals surface area contributed by atoms with E-state index < -0.39 is 6.10 Å². The standard InChI is InChI=1S/C16H22N2O2/c1-4-9-18-16(19)11(2)20-13-6-7-14-12(10-13)5-8-15(14)17-3/h4,6-7,10-11,15,17H,1,5,8-9H2,2-3H3,(H,18,19). The summed E-state index contributed by atoms with van der Waals surface area (Å²) in [5.74, 6) is 0.625. The summed E-state index contributed by atoms with van der Waals surface area (Å²) in [5, 5.41) is 6.04. The van der Waals surface area contributed by atoms with Crippen LogP contribution in [0, 0.1) is 0 Å². The van der Waals surface area contributed by atoms with Crippen molar-refractivity contribution in [3.05, 3.63) is 42.0 Å². The average molecular weight is 274 g/mol. The first-order valence-corrected chi connectivity index (χ1v) is 7.01. The first kappa shape index (κ1) is 14.6. The Morgan fingerprint density at radius 1 is 1.60 bits per heavy atom. The van der Waals surface area contributed by atoms with Crippen molar-refractivity contribution in [3.63, 3.8) is 0 Å². The molecule has 2 rings (SSSR count). The summed E-state index contributed by atoms with van der Waals surface area (Å²) in [6.07, 6.45) is 3.31. The van der Waals surface area contributed by atoms with E-state index in [1.54, 1.807) is 13.0 Å². The second kappa shape index (κ2) is 6.57. The number of benzene rings is 1. The second-order valence-corrected chi connectivity index (χ2v) is 5.03. The highest BCUT2D eigenvalue weighted by molar-refractivity contribution is 5.80. The van der Waals surface area contributed by atoms with Crippen LogP contribution < -0.4 is 15.4 Å². The molecule has 1 amide bonds. The van der Waals surface area contributed by atoms with Crippen LogP contribution in [0.15, 0.2) is 30.9 Å². The number of fused-ring (bicyclic) bond motifs is 1. The minimum atomic E-state index is -0.505. The van der Waals surface area contributed by atoms with Gasteiger partial charge in [0.05, 0.1) is 0 Å². The number of ether oxygens (including phenoxy) is 1. The maximum atomic E-state index is 11.7. The number of hydrogen-bond acceptors (Lipinski definition) is 3. The number of carbonyl (C=O) groups is 1. The smallest absolute Gasteiger partial charge is 0.261 e. The van der Waals surface area contributed by atoms with Gasteiger partial charge in [0.15, 0.2) is 6.10 Å². The first-order valence-electron chi connectivity index (χ1n) is 7.01. The first-order chi connectivity index (χ1) is 9.65. The van der Waals surface area contributed by atoms with Crippen LogP contribution in [0.5, 0.6) is 5.75 Å². The van der Waals surface area contributed by atoms with Crippen molar-refractivity contribution in [3.8, 4) is 5.75 Å². The average Bonchev–Trinajstić information content (AvgIpc) is 2.86. The summed E-state index contributed by atoms with van der Waals surface area (Å²) in [6.45, 7) is 5.78. The van der Waals surface area contributed by atoms with E-state index in [9.17, 15) is 4.79 Å². The minimum absolute atomic E-state index is 0.126. The van der Waals surface area contributed by atoms with Gasteiger partial charge in [0.1, 0.15) is 5.75 Å². The molecule has 0 saturated heterocycles. The van der Waals surface area contributed by atoms with Crippen LogP contribution in [-0.2, 0) is 11.2 Å². The van der Waals surface area contributed by atoms with E-state index in [0.717, 1.165) is 18.6 Å². The summed E-state index contributed by atoms with van der Waals surface area (Å²) in [4.78, 5) is 11.7. The Morgan fingerprint density at radius 2 is 2.40 bits per heavy atom. The number of aryl methyl sites for hydroxylation is 1. The molecular formula is C16H22N2O2. The molecule has 1 aromatic carbocycles. The van der Waals surface area contributed by atoms with E-state index in [2.05, 4.69) is 23.3 Å². The molecule has 1 aliphatic rings. The van der Waals surface area contributed by atoms with Gasteiger partial charge in [-0.1, -0.05) is 12.1 Å². The van der Waals surface area contributed by atoms with Crippen LogP contribution in [0.4, 0.5) is 0 Å². The van der Waals surface area contributed by atoms with Crippen molar-refractivity contribution >= 4 is 5.91 Å². The number of carbonyl (C=O) groups excluding carboxylic acids is 1. The summed E-state index contributed by atoms with van der Waals surface area (Å²) in [5.41, 5.74) is 2.64. The predicted molar refractivity (Wildman–Crippen MR) is 79.9 cm³/mol. The zero-order valence-electron chi connectivity index (χ0n) is 12.1. The molecule has 0 spiro atoms. The highest BCUT2D eigenvalue weighted by Gasteiger charge is 2.22. The van der Waals surface area contributed by atoms with Gasteiger partial charge in [-0.25, -0.2) is 0 Å². The molecule has 4 heteroatoms. The number of hydrogen-bond donors (Lipinski definition) is 2. The van der Waals surface area contributed by atoms with Gasteiger partial charge < -0.3 is 15.4 Å². The third-order valence-electron chi connectivity index (χ3n) is 3.64. The molecule has 1 aromatic rings. The molecule has 4 nitrogen and oxygen atoms in total. The van der Waals surface area contributed by atoms with E-state index in [0.29, 0.717) is 12.6 Å². The highest BCUT2D eigenvalue weighted by atomic mass is 16.5. The van der Waals surface area contributed by atoms with Gasteiger partial charge in [-0.15, -0.1) is 6.58 Å². The Kier molecular flexibility index (Phi) is 4.79. The molecular weight excluding hydrogens is 252 g/mol.